The van der Waals surface area contributed by atoms with Gasteiger partial charge >= 0.3 is 0 Å². The third-order valence-electron chi connectivity index (χ3n) is 11.4. The van der Waals surface area contributed by atoms with Gasteiger partial charge in [-0.3, -0.25) is 0 Å². The van der Waals surface area contributed by atoms with Crippen molar-refractivity contribution >= 4 is 87.4 Å². The highest BCUT2D eigenvalue weighted by molar-refractivity contribution is 6.14. The summed E-state index contributed by atoms with van der Waals surface area (Å²) in [5.41, 5.74) is 11.7. The SMILES string of the molecule is c1ccc(-n2c3ccccc3c3c(-n4c5cccc(c5)c5cccc(c5)n(-c5ccc6ccccc6c5)c5ccc6oc7ccc4cc7c6c5)cccc32)cc1. The summed E-state index contributed by atoms with van der Waals surface area (Å²) in [6.07, 6.45) is 0. The van der Waals surface area contributed by atoms with E-state index in [1.807, 2.05) is 0 Å². The van der Waals surface area contributed by atoms with E-state index in [0.29, 0.717) is 0 Å². The summed E-state index contributed by atoms with van der Waals surface area (Å²) in [5.74, 6) is 0. The Kier molecular flexibility index (Phi) is 6.60. The van der Waals surface area contributed by atoms with Crippen LogP contribution in [0.5, 0.6) is 0 Å². The molecule has 12 aromatic rings. The zero-order chi connectivity index (χ0) is 36.7. The van der Waals surface area contributed by atoms with E-state index in [-0.39, 0.29) is 0 Å². The first-order chi connectivity index (χ1) is 27.7. The molecule has 0 aliphatic carbocycles. The van der Waals surface area contributed by atoms with Crippen LogP contribution in [0.4, 0.5) is 0 Å². The van der Waals surface area contributed by atoms with Gasteiger partial charge in [0.1, 0.15) is 11.2 Å². The van der Waals surface area contributed by atoms with Crippen LogP contribution in [0.3, 0.4) is 0 Å². The van der Waals surface area contributed by atoms with Gasteiger partial charge in [0.05, 0.1) is 16.7 Å². The molecule has 3 heterocycles. The van der Waals surface area contributed by atoms with Crippen molar-refractivity contribution in [2.24, 2.45) is 0 Å². The predicted molar refractivity (Wildman–Crippen MR) is 234 cm³/mol. The number of hydrogen-bond donors (Lipinski definition) is 0. The zero-order valence-corrected chi connectivity index (χ0v) is 30.3. The van der Waals surface area contributed by atoms with E-state index in [1.165, 1.54) is 27.1 Å². The zero-order valence-electron chi connectivity index (χ0n) is 30.3. The summed E-state index contributed by atoms with van der Waals surface area (Å²) in [4.78, 5) is 0. The van der Waals surface area contributed by atoms with Gasteiger partial charge in [0.25, 0.3) is 0 Å². The van der Waals surface area contributed by atoms with Gasteiger partial charge < -0.3 is 18.1 Å². The minimum absolute atomic E-state index is 0.861. The molecule has 262 valence electrons. The summed E-state index contributed by atoms with van der Waals surface area (Å²) >= 11 is 0. The van der Waals surface area contributed by atoms with E-state index in [1.54, 1.807) is 0 Å². The van der Waals surface area contributed by atoms with Gasteiger partial charge in [-0.25, -0.2) is 0 Å². The quantitative estimate of drug-likeness (QED) is 0.179. The Bertz CT molecular complexity index is 3600. The number of nitrogens with zero attached hydrogens (tertiary/aromatic N) is 3. The number of aromatic nitrogens is 3. The Hall–Kier alpha value is -7.56. The Labute approximate surface area is 321 Å². The van der Waals surface area contributed by atoms with Gasteiger partial charge in [-0.05, 0) is 125 Å². The Morgan fingerprint density at radius 2 is 0.875 bits per heavy atom. The monoisotopic (exact) mass is 715 g/mol. The van der Waals surface area contributed by atoms with Crippen molar-refractivity contribution in [3.05, 3.63) is 200 Å². The Balaban J connectivity index is 1.25. The number of hydrogen-bond acceptors (Lipinski definition) is 1. The maximum Gasteiger partial charge on any atom is 0.135 e. The lowest BCUT2D eigenvalue weighted by molar-refractivity contribution is 0.669. The lowest BCUT2D eigenvalue weighted by Gasteiger charge is -2.15. The van der Waals surface area contributed by atoms with Crippen molar-refractivity contribution in [1.29, 1.82) is 0 Å². The van der Waals surface area contributed by atoms with Crippen LogP contribution >= 0.6 is 0 Å². The second-order valence-electron chi connectivity index (χ2n) is 14.6. The van der Waals surface area contributed by atoms with Crippen molar-refractivity contribution in [2.75, 3.05) is 0 Å². The minimum atomic E-state index is 0.861. The molecule has 0 atom stereocenters. The van der Waals surface area contributed by atoms with Crippen molar-refractivity contribution < 1.29 is 4.42 Å². The Morgan fingerprint density at radius 1 is 0.304 bits per heavy atom. The fourth-order valence-electron chi connectivity index (χ4n) is 8.91. The maximum absolute atomic E-state index is 6.55. The summed E-state index contributed by atoms with van der Waals surface area (Å²) in [6.45, 7) is 0. The topological polar surface area (TPSA) is 27.9 Å². The van der Waals surface area contributed by atoms with Gasteiger partial charge in [0.2, 0.25) is 0 Å². The molecule has 0 aliphatic rings. The summed E-state index contributed by atoms with van der Waals surface area (Å²) in [7, 11) is 0. The molecule has 0 spiro atoms. The fourth-order valence-corrected chi connectivity index (χ4v) is 8.91. The van der Waals surface area contributed by atoms with E-state index in [2.05, 4.69) is 214 Å². The van der Waals surface area contributed by atoms with Gasteiger partial charge in [0.15, 0.2) is 0 Å². The molecule has 8 bridgehead atoms. The predicted octanol–water partition coefficient (Wildman–Crippen LogP) is 14.0. The van der Waals surface area contributed by atoms with Crippen LogP contribution in [-0.4, -0.2) is 13.7 Å². The van der Waals surface area contributed by atoms with E-state index in [4.69, 9.17) is 4.42 Å². The van der Waals surface area contributed by atoms with Crippen molar-refractivity contribution in [3.8, 4) is 17.1 Å². The van der Waals surface area contributed by atoms with Crippen LogP contribution in [-0.2, 0) is 0 Å². The largest absolute Gasteiger partial charge is 0.456 e. The van der Waals surface area contributed by atoms with E-state index in [9.17, 15) is 0 Å². The third kappa shape index (κ3) is 4.66. The van der Waals surface area contributed by atoms with Crippen molar-refractivity contribution in [1.82, 2.24) is 13.7 Å². The maximum atomic E-state index is 6.55. The number of fused-ring (bicyclic) bond motifs is 11. The molecular weight excluding hydrogens is 683 g/mol. The molecular formula is C52H33N3O. The number of benzene rings is 9. The third-order valence-corrected chi connectivity index (χ3v) is 11.4. The average Bonchev–Trinajstić information content (AvgIpc) is 3.80. The molecule has 56 heavy (non-hydrogen) atoms. The number of rotatable bonds is 3. The van der Waals surface area contributed by atoms with Crippen molar-refractivity contribution in [3.63, 3.8) is 0 Å². The first-order valence-electron chi connectivity index (χ1n) is 19.1. The molecule has 4 heteroatoms. The highest BCUT2D eigenvalue weighted by Crippen LogP contribution is 2.38. The molecule has 0 N–H and O–H groups in total. The molecule has 0 saturated heterocycles. The summed E-state index contributed by atoms with van der Waals surface area (Å²) in [6, 6.07) is 72.5. The number of furan rings is 1. The van der Waals surface area contributed by atoms with E-state index in [0.717, 1.165) is 77.4 Å². The second kappa shape index (κ2) is 12.0. The van der Waals surface area contributed by atoms with Gasteiger partial charge in [-0.15, -0.1) is 0 Å². The van der Waals surface area contributed by atoms with Crippen LogP contribution < -0.4 is 0 Å². The van der Waals surface area contributed by atoms with Crippen LogP contribution in [0.1, 0.15) is 0 Å². The lowest BCUT2D eigenvalue weighted by atomic mass is 10.1. The Morgan fingerprint density at radius 3 is 1.64 bits per heavy atom. The number of para-hydroxylation sites is 2. The second-order valence-corrected chi connectivity index (χ2v) is 14.6. The van der Waals surface area contributed by atoms with Crippen LogP contribution in [0, 0.1) is 0 Å². The van der Waals surface area contributed by atoms with Gasteiger partial charge in [0, 0.05) is 55.0 Å². The molecule has 9 aromatic carbocycles. The van der Waals surface area contributed by atoms with Gasteiger partial charge in [-0.2, -0.15) is 0 Å². The molecule has 4 nitrogen and oxygen atoms in total. The average molecular weight is 716 g/mol. The molecule has 0 amide bonds. The lowest BCUT2D eigenvalue weighted by Crippen LogP contribution is -1.99. The molecule has 0 unspecified atom stereocenters. The first-order valence-corrected chi connectivity index (χ1v) is 19.1. The van der Waals surface area contributed by atoms with Crippen LogP contribution in [0.15, 0.2) is 205 Å². The molecule has 0 fully saturated rings. The van der Waals surface area contributed by atoms with E-state index < -0.39 is 0 Å². The minimum Gasteiger partial charge on any atom is -0.456 e. The van der Waals surface area contributed by atoms with Gasteiger partial charge in [-0.1, -0.05) is 97.1 Å². The van der Waals surface area contributed by atoms with Crippen molar-refractivity contribution in [2.45, 2.75) is 0 Å². The normalized spacial score (nSPS) is 11.9. The summed E-state index contributed by atoms with van der Waals surface area (Å²) in [5, 5.41) is 9.27. The molecule has 0 saturated carbocycles. The smallest absolute Gasteiger partial charge is 0.135 e. The molecule has 3 aromatic heterocycles. The first kappa shape index (κ1) is 30.9. The van der Waals surface area contributed by atoms with Crippen LogP contribution in [0.25, 0.3) is 104 Å². The molecule has 0 aliphatic heterocycles. The standard InChI is InChI=1S/C52H33N3O/c1-2-15-38(16-3-1)55-47-20-7-6-19-44(47)52-48(21-10-22-49(52)55)54-40-18-9-14-37(31-40)36-13-8-17-39(30-36)53(41-24-23-34-11-4-5-12-35(34)29-41)42-25-27-50-45(32-42)46-33-43(54)26-28-51(46)56-50/h1-33H. The highest BCUT2D eigenvalue weighted by Gasteiger charge is 2.18. The molecule has 12 rings (SSSR count). The molecule has 0 radical (unpaired) electrons. The fraction of sp³-hybridized carbons (Fsp3) is 0. The highest BCUT2D eigenvalue weighted by atomic mass is 16.3. The summed E-state index contributed by atoms with van der Waals surface area (Å²) < 4.78 is 13.7. The van der Waals surface area contributed by atoms with Crippen LogP contribution in [0.2, 0.25) is 0 Å². The van der Waals surface area contributed by atoms with E-state index >= 15 is 0 Å².